The number of hydrogen-bond acceptors (Lipinski definition) is 2. The van der Waals surface area contributed by atoms with Crippen molar-refractivity contribution in [2.75, 3.05) is 6.61 Å². The van der Waals surface area contributed by atoms with Crippen LogP contribution in [0.4, 0.5) is 0 Å². The van der Waals surface area contributed by atoms with Crippen molar-refractivity contribution < 1.29 is 9.53 Å². The van der Waals surface area contributed by atoms with Gasteiger partial charge in [0.05, 0.1) is 6.61 Å². The molecule has 0 aliphatic carbocycles. The zero-order chi connectivity index (χ0) is 13.8. The summed E-state index contributed by atoms with van der Waals surface area (Å²) < 4.78 is 5.61. The fourth-order valence-electron chi connectivity index (χ4n) is 1.99. The van der Waals surface area contributed by atoms with E-state index >= 15 is 0 Å². The quantitative estimate of drug-likeness (QED) is 0.762. The third kappa shape index (κ3) is 3.02. The maximum Gasteiger partial charge on any atom is 0.159 e. The van der Waals surface area contributed by atoms with Crippen LogP contribution < -0.4 is 4.74 Å². The van der Waals surface area contributed by atoms with Gasteiger partial charge < -0.3 is 4.74 Å². The van der Waals surface area contributed by atoms with Crippen LogP contribution in [0.2, 0.25) is 0 Å². The smallest absolute Gasteiger partial charge is 0.159 e. The SMILES string of the molecule is CCOc1cc(-c2ccc(C(C)=O)cc2)ccc1C. The Bertz CT molecular complexity index is 583. The van der Waals surface area contributed by atoms with Crippen LogP contribution in [-0.2, 0) is 0 Å². The number of aryl methyl sites for hydroxylation is 1. The van der Waals surface area contributed by atoms with Crippen molar-refractivity contribution in [2.45, 2.75) is 20.8 Å². The maximum atomic E-state index is 11.3. The number of carbonyl (C=O) groups excluding carboxylic acids is 1. The zero-order valence-corrected chi connectivity index (χ0v) is 11.6. The van der Waals surface area contributed by atoms with Crippen LogP contribution in [0, 0.1) is 6.92 Å². The van der Waals surface area contributed by atoms with Gasteiger partial charge in [-0.15, -0.1) is 0 Å². The van der Waals surface area contributed by atoms with E-state index in [1.165, 1.54) is 0 Å². The lowest BCUT2D eigenvalue weighted by Gasteiger charge is -2.10. The summed E-state index contributed by atoms with van der Waals surface area (Å²) in [4.78, 5) is 11.3. The van der Waals surface area contributed by atoms with E-state index in [0.29, 0.717) is 6.61 Å². The van der Waals surface area contributed by atoms with Crippen LogP contribution in [0.15, 0.2) is 42.5 Å². The normalized spacial score (nSPS) is 10.3. The third-order valence-electron chi connectivity index (χ3n) is 3.11. The third-order valence-corrected chi connectivity index (χ3v) is 3.11. The number of ketones is 1. The summed E-state index contributed by atoms with van der Waals surface area (Å²) in [5, 5.41) is 0. The lowest BCUT2D eigenvalue weighted by Crippen LogP contribution is -1.94. The average Bonchev–Trinajstić information content (AvgIpc) is 2.41. The summed E-state index contributed by atoms with van der Waals surface area (Å²) in [5.41, 5.74) is 4.06. The van der Waals surface area contributed by atoms with Crippen molar-refractivity contribution in [3.05, 3.63) is 53.6 Å². The van der Waals surface area contributed by atoms with Gasteiger partial charge in [-0.25, -0.2) is 0 Å². The molecule has 0 saturated carbocycles. The minimum absolute atomic E-state index is 0.0884. The van der Waals surface area contributed by atoms with Crippen molar-refractivity contribution in [1.29, 1.82) is 0 Å². The van der Waals surface area contributed by atoms with E-state index in [2.05, 4.69) is 12.1 Å². The Hall–Kier alpha value is -2.09. The molecule has 19 heavy (non-hydrogen) atoms. The second kappa shape index (κ2) is 5.70. The predicted molar refractivity (Wildman–Crippen MR) is 77.8 cm³/mol. The Labute approximate surface area is 114 Å². The molecule has 0 unspecified atom stereocenters. The van der Waals surface area contributed by atoms with Gasteiger partial charge in [-0.1, -0.05) is 36.4 Å². The Balaban J connectivity index is 2.35. The Morgan fingerprint density at radius 2 is 1.68 bits per heavy atom. The van der Waals surface area contributed by atoms with Crippen LogP contribution in [0.3, 0.4) is 0 Å². The second-order valence-electron chi connectivity index (χ2n) is 4.55. The van der Waals surface area contributed by atoms with Crippen LogP contribution in [0.5, 0.6) is 5.75 Å². The highest BCUT2D eigenvalue weighted by Crippen LogP contribution is 2.27. The molecule has 2 rings (SSSR count). The van der Waals surface area contributed by atoms with E-state index in [9.17, 15) is 4.79 Å². The fourth-order valence-corrected chi connectivity index (χ4v) is 1.99. The number of carbonyl (C=O) groups is 1. The van der Waals surface area contributed by atoms with Gasteiger partial charge in [0.1, 0.15) is 5.75 Å². The van der Waals surface area contributed by atoms with Crippen LogP contribution in [0.1, 0.15) is 29.8 Å². The molecule has 98 valence electrons. The molecule has 0 saturated heterocycles. The summed E-state index contributed by atoms with van der Waals surface area (Å²) in [5.74, 6) is 1.00. The molecule has 0 radical (unpaired) electrons. The van der Waals surface area contributed by atoms with E-state index in [-0.39, 0.29) is 5.78 Å². The van der Waals surface area contributed by atoms with Crippen LogP contribution in [0.25, 0.3) is 11.1 Å². The average molecular weight is 254 g/mol. The van der Waals surface area contributed by atoms with E-state index in [0.717, 1.165) is 28.0 Å². The summed E-state index contributed by atoms with van der Waals surface area (Å²) in [7, 11) is 0. The number of ether oxygens (including phenoxy) is 1. The highest BCUT2D eigenvalue weighted by molar-refractivity contribution is 5.94. The highest BCUT2D eigenvalue weighted by Gasteiger charge is 2.04. The molecule has 0 heterocycles. The molecule has 2 nitrogen and oxygen atoms in total. The van der Waals surface area contributed by atoms with Gasteiger partial charge >= 0.3 is 0 Å². The standard InChI is InChI=1S/C17H18O2/c1-4-19-17-11-16(6-5-12(17)2)15-9-7-14(8-10-15)13(3)18/h5-11H,4H2,1-3H3. The number of hydrogen-bond donors (Lipinski definition) is 0. The van der Waals surface area contributed by atoms with E-state index in [4.69, 9.17) is 4.74 Å². The molecule has 2 heteroatoms. The number of benzene rings is 2. The van der Waals surface area contributed by atoms with E-state index in [1.54, 1.807) is 6.92 Å². The molecule has 0 spiro atoms. The lowest BCUT2D eigenvalue weighted by molar-refractivity contribution is 0.101. The number of rotatable bonds is 4. The van der Waals surface area contributed by atoms with Gasteiger partial charge in [0.2, 0.25) is 0 Å². The van der Waals surface area contributed by atoms with Gasteiger partial charge in [0.15, 0.2) is 5.78 Å². The second-order valence-corrected chi connectivity index (χ2v) is 4.55. The summed E-state index contributed by atoms with van der Waals surface area (Å²) in [6, 6.07) is 13.8. The summed E-state index contributed by atoms with van der Waals surface area (Å²) in [6.07, 6.45) is 0. The Morgan fingerprint density at radius 3 is 2.26 bits per heavy atom. The maximum absolute atomic E-state index is 11.3. The molecule has 0 fully saturated rings. The van der Waals surface area contributed by atoms with E-state index < -0.39 is 0 Å². The number of Topliss-reactive ketones (excluding diaryl/α,β-unsaturated/α-hetero) is 1. The van der Waals surface area contributed by atoms with Gasteiger partial charge in [0, 0.05) is 5.56 Å². The molecule has 0 N–H and O–H groups in total. The van der Waals surface area contributed by atoms with Crippen molar-refractivity contribution in [3.63, 3.8) is 0 Å². The molecular formula is C17H18O2. The molecule has 0 aliphatic heterocycles. The lowest BCUT2D eigenvalue weighted by atomic mass is 10.0. The summed E-state index contributed by atoms with van der Waals surface area (Å²) >= 11 is 0. The molecule has 2 aromatic carbocycles. The molecule has 0 amide bonds. The van der Waals surface area contributed by atoms with Gasteiger partial charge in [-0.05, 0) is 43.5 Å². The Morgan fingerprint density at radius 1 is 1.05 bits per heavy atom. The molecule has 0 bridgehead atoms. The molecule has 0 aliphatic rings. The first-order chi connectivity index (χ1) is 9.11. The van der Waals surface area contributed by atoms with Crippen molar-refractivity contribution in [3.8, 4) is 16.9 Å². The summed E-state index contributed by atoms with van der Waals surface area (Å²) in [6.45, 7) is 6.25. The minimum atomic E-state index is 0.0884. The van der Waals surface area contributed by atoms with Crippen molar-refractivity contribution >= 4 is 5.78 Å². The first-order valence-corrected chi connectivity index (χ1v) is 6.46. The molecule has 0 atom stereocenters. The van der Waals surface area contributed by atoms with Gasteiger partial charge in [-0.3, -0.25) is 4.79 Å². The van der Waals surface area contributed by atoms with Crippen LogP contribution in [-0.4, -0.2) is 12.4 Å². The first-order valence-electron chi connectivity index (χ1n) is 6.46. The largest absolute Gasteiger partial charge is 0.494 e. The molecule has 0 aromatic heterocycles. The van der Waals surface area contributed by atoms with E-state index in [1.807, 2.05) is 44.2 Å². The monoisotopic (exact) mass is 254 g/mol. The Kier molecular flexibility index (Phi) is 4.00. The minimum Gasteiger partial charge on any atom is -0.494 e. The van der Waals surface area contributed by atoms with Gasteiger partial charge in [-0.2, -0.15) is 0 Å². The van der Waals surface area contributed by atoms with Crippen molar-refractivity contribution in [1.82, 2.24) is 0 Å². The molecular weight excluding hydrogens is 236 g/mol. The fraction of sp³-hybridized carbons (Fsp3) is 0.235. The molecule has 2 aromatic rings. The topological polar surface area (TPSA) is 26.3 Å². The zero-order valence-electron chi connectivity index (χ0n) is 11.6. The van der Waals surface area contributed by atoms with Crippen molar-refractivity contribution in [2.24, 2.45) is 0 Å². The highest BCUT2D eigenvalue weighted by atomic mass is 16.5. The predicted octanol–water partition coefficient (Wildman–Crippen LogP) is 4.26. The van der Waals surface area contributed by atoms with Gasteiger partial charge in [0.25, 0.3) is 0 Å². The first kappa shape index (κ1) is 13.3. The van der Waals surface area contributed by atoms with Crippen LogP contribution >= 0.6 is 0 Å².